The van der Waals surface area contributed by atoms with Crippen molar-refractivity contribution in [2.75, 3.05) is 0 Å². The van der Waals surface area contributed by atoms with Gasteiger partial charge in [0, 0.05) is 10.5 Å². The fraction of sp³-hybridized carbons (Fsp3) is 0.857. The standard InChI is InChI=1S/C7H13S/c1-3-6(2)8-7-4-5-7/h6-7H,2-5H2,1H3. The highest BCUT2D eigenvalue weighted by Gasteiger charge is 2.23. The lowest BCUT2D eigenvalue weighted by Crippen LogP contribution is -1.93. The molecule has 0 aliphatic heterocycles. The van der Waals surface area contributed by atoms with Crippen molar-refractivity contribution in [1.29, 1.82) is 0 Å². The molecule has 8 heavy (non-hydrogen) atoms. The van der Waals surface area contributed by atoms with E-state index in [1.807, 2.05) is 0 Å². The highest BCUT2D eigenvalue weighted by molar-refractivity contribution is 8.00. The zero-order chi connectivity index (χ0) is 5.98. The van der Waals surface area contributed by atoms with E-state index in [1.54, 1.807) is 0 Å². The summed E-state index contributed by atoms with van der Waals surface area (Å²) in [6.07, 6.45) is 4.11. The molecule has 1 saturated carbocycles. The molecule has 0 aromatic heterocycles. The van der Waals surface area contributed by atoms with Crippen LogP contribution in [0.25, 0.3) is 0 Å². The van der Waals surface area contributed by atoms with Crippen LogP contribution in [0.4, 0.5) is 0 Å². The SMILES string of the molecule is [CH2]C(CC)SC1CC1. The number of hydrogen-bond acceptors (Lipinski definition) is 1. The molecule has 0 saturated heterocycles. The van der Waals surface area contributed by atoms with Crippen molar-refractivity contribution in [1.82, 2.24) is 0 Å². The molecule has 47 valence electrons. The Morgan fingerprint density at radius 1 is 1.75 bits per heavy atom. The van der Waals surface area contributed by atoms with Crippen molar-refractivity contribution < 1.29 is 0 Å². The minimum atomic E-state index is 0.655. The molecular formula is C7H13S. The van der Waals surface area contributed by atoms with Gasteiger partial charge in [0.2, 0.25) is 0 Å². The van der Waals surface area contributed by atoms with E-state index < -0.39 is 0 Å². The minimum absolute atomic E-state index is 0.655. The van der Waals surface area contributed by atoms with Crippen molar-refractivity contribution >= 4 is 11.8 Å². The first kappa shape index (κ1) is 6.47. The Morgan fingerprint density at radius 2 is 2.38 bits per heavy atom. The van der Waals surface area contributed by atoms with E-state index in [-0.39, 0.29) is 0 Å². The van der Waals surface area contributed by atoms with E-state index in [0.29, 0.717) is 5.25 Å². The van der Waals surface area contributed by atoms with Crippen LogP contribution in [-0.2, 0) is 0 Å². The van der Waals surface area contributed by atoms with E-state index in [1.165, 1.54) is 19.3 Å². The average Bonchev–Trinajstić information content (AvgIpc) is 2.50. The predicted octanol–water partition coefficient (Wildman–Crippen LogP) is 2.49. The van der Waals surface area contributed by atoms with Crippen LogP contribution in [0, 0.1) is 6.92 Å². The van der Waals surface area contributed by atoms with Crippen LogP contribution in [0.15, 0.2) is 0 Å². The van der Waals surface area contributed by atoms with Gasteiger partial charge >= 0.3 is 0 Å². The molecule has 0 nitrogen and oxygen atoms in total. The van der Waals surface area contributed by atoms with E-state index in [2.05, 4.69) is 25.6 Å². The smallest absolute Gasteiger partial charge is 0.00506 e. The van der Waals surface area contributed by atoms with Gasteiger partial charge in [-0.3, -0.25) is 0 Å². The summed E-state index contributed by atoms with van der Waals surface area (Å²) < 4.78 is 0. The third-order valence-corrected chi connectivity index (χ3v) is 2.94. The van der Waals surface area contributed by atoms with Crippen LogP contribution in [0.5, 0.6) is 0 Å². The predicted molar refractivity (Wildman–Crippen MR) is 40.0 cm³/mol. The Bertz CT molecular complexity index is 66.8. The van der Waals surface area contributed by atoms with Crippen molar-refractivity contribution in [2.45, 2.75) is 36.7 Å². The highest BCUT2D eigenvalue weighted by Crippen LogP contribution is 2.37. The van der Waals surface area contributed by atoms with Gasteiger partial charge in [0.05, 0.1) is 0 Å². The Morgan fingerprint density at radius 3 is 2.75 bits per heavy atom. The molecular weight excluding hydrogens is 116 g/mol. The van der Waals surface area contributed by atoms with E-state index in [9.17, 15) is 0 Å². The zero-order valence-electron chi connectivity index (χ0n) is 5.39. The van der Waals surface area contributed by atoms with Gasteiger partial charge in [0.15, 0.2) is 0 Å². The molecule has 0 amide bonds. The van der Waals surface area contributed by atoms with Crippen molar-refractivity contribution in [3.63, 3.8) is 0 Å². The molecule has 0 aromatic carbocycles. The fourth-order valence-corrected chi connectivity index (χ4v) is 1.72. The molecule has 1 unspecified atom stereocenters. The molecule has 0 N–H and O–H groups in total. The second-order valence-corrected chi connectivity index (χ2v) is 3.97. The molecule has 1 atom stereocenters. The first-order valence-electron chi connectivity index (χ1n) is 3.31. The van der Waals surface area contributed by atoms with Crippen molar-refractivity contribution in [3.8, 4) is 0 Å². The molecule has 1 rings (SSSR count). The molecule has 0 spiro atoms. The van der Waals surface area contributed by atoms with Gasteiger partial charge < -0.3 is 0 Å². The molecule has 1 aliphatic rings. The summed E-state index contributed by atoms with van der Waals surface area (Å²) in [5, 5.41) is 1.64. The zero-order valence-corrected chi connectivity index (χ0v) is 6.21. The lowest BCUT2D eigenvalue weighted by atomic mass is 10.4. The van der Waals surface area contributed by atoms with E-state index in [4.69, 9.17) is 0 Å². The molecule has 1 heteroatoms. The maximum atomic E-state index is 4.00. The molecule has 0 heterocycles. The Kier molecular flexibility index (Phi) is 2.24. The summed E-state index contributed by atoms with van der Waals surface area (Å²) in [5.74, 6) is 0. The minimum Gasteiger partial charge on any atom is -0.155 e. The van der Waals surface area contributed by atoms with Crippen molar-refractivity contribution in [3.05, 3.63) is 6.92 Å². The van der Waals surface area contributed by atoms with E-state index in [0.717, 1.165) is 5.25 Å². The molecule has 0 aromatic rings. The van der Waals surface area contributed by atoms with Gasteiger partial charge in [-0.05, 0) is 26.2 Å². The normalized spacial score (nSPS) is 23.2. The topological polar surface area (TPSA) is 0 Å². The summed E-state index contributed by atoms with van der Waals surface area (Å²) in [6.45, 7) is 6.20. The first-order chi connectivity index (χ1) is 3.83. The van der Waals surface area contributed by atoms with Gasteiger partial charge in [-0.25, -0.2) is 0 Å². The van der Waals surface area contributed by atoms with Crippen molar-refractivity contribution in [2.24, 2.45) is 0 Å². The molecule has 0 bridgehead atoms. The summed E-state index contributed by atoms with van der Waals surface area (Å²) in [6, 6.07) is 0. The van der Waals surface area contributed by atoms with Crippen LogP contribution in [0.1, 0.15) is 26.2 Å². The second-order valence-electron chi connectivity index (χ2n) is 2.37. The summed E-state index contributed by atoms with van der Waals surface area (Å²) >= 11 is 2.05. The number of hydrogen-bond donors (Lipinski definition) is 0. The number of thioether (sulfide) groups is 1. The van der Waals surface area contributed by atoms with Gasteiger partial charge in [-0.1, -0.05) is 6.92 Å². The highest BCUT2D eigenvalue weighted by atomic mass is 32.2. The summed E-state index contributed by atoms with van der Waals surface area (Å²) in [7, 11) is 0. The quantitative estimate of drug-likeness (QED) is 0.564. The fourth-order valence-electron chi connectivity index (χ4n) is 0.573. The Balaban J connectivity index is 1.98. The van der Waals surface area contributed by atoms with Crippen LogP contribution >= 0.6 is 11.8 Å². The summed E-state index contributed by atoms with van der Waals surface area (Å²) in [4.78, 5) is 0. The van der Waals surface area contributed by atoms with Gasteiger partial charge in [-0.15, -0.1) is 0 Å². The number of rotatable bonds is 3. The van der Waals surface area contributed by atoms with Crippen LogP contribution in [0.3, 0.4) is 0 Å². The third-order valence-electron chi connectivity index (χ3n) is 1.36. The maximum absolute atomic E-state index is 4.00. The lowest BCUT2D eigenvalue weighted by Gasteiger charge is -2.04. The average molecular weight is 129 g/mol. The summed E-state index contributed by atoms with van der Waals surface area (Å²) in [5.41, 5.74) is 0. The lowest BCUT2D eigenvalue weighted by molar-refractivity contribution is 0.973. The monoisotopic (exact) mass is 129 g/mol. The maximum Gasteiger partial charge on any atom is 0.00506 e. The van der Waals surface area contributed by atoms with Gasteiger partial charge in [0.25, 0.3) is 0 Å². The molecule has 1 fully saturated rings. The van der Waals surface area contributed by atoms with Gasteiger partial charge in [-0.2, -0.15) is 11.8 Å². The molecule has 1 radical (unpaired) electrons. The largest absolute Gasteiger partial charge is 0.155 e. The third kappa shape index (κ3) is 2.08. The van der Waals surface area contributed by atoms with Crippen LogP contribution in [-0.4, -0.2) is 10.5 Å². The Hall–Kier alpha value is 0.350. The molecule has 1 aliphatic carbocycles. The van der Waals surface area contributed by atoms with Crippen LogP contribution < -0.4 is 0 Å². The van der Waals surface area contributed by atoms with Gasteiger partial charge in [0.1, 0.15) is 0 Å². The second kappa shape index (κ2) is 2.77. The van der Waals surface area contributed by atoms with E-state index >= 15 is 0 Å². The first-order valence-corrected chi connectivity index (χ1v) is 4.25. The Labute approximate surface area is 56.0 Å². The van der Waals surface area contributed by atoms with Crippen LogP contribution in [0.2, 0.25) is 0 Å².